The summed E-state index contributed by atoms with van der Waals surface area (Å²) in [5, 5.41) is 0. The van der Waals surface area contributed by atoms with Crippen molar-refractivity contribution in [2.75, 3.05) is 0 Å². The first kappa shape index (κ1) is 15.8. The van der Waals surface area contributed by atoms with E-state index in [-0.39, 0.29) is 28.3 Å². The van der Waals surface area contributed by atoms with Gasteiger partial charge in [0, 0.05) is 17.4 Å². The fourth-order valence-corrected chi connectivity index (χ4v) is 0. The molecule has 0 radical (unpaired) electrons. The molecule has 0 amide bonds. The molecule has 0 aromatic heterocycles. The maximum absolute atomic E-state index is 3.78. The van der Waals surface area contributed by atoms with Crippen LogP contribution in [0.4, 0.5) is 0 Å². The average molecular weight is 233 g/mol. The van der Waals surface area contributed by atoms with E-state index in [4.69, 9.17) is 0 Å². The first-order valence-electron chi connectivity index (χ1n) is 0.474. The molecular formula is H4CrFeP3Si. The van der Waals surface area contributed by atoms with Gasteiger partial charge in [0.05, 0.1) is 0 Å². The summed E-state index contributed by atoms with van der Waals surface area (Å²) in [6.45, 7) is 0. The van der Waals surface area contributed by atoms with Crippen molar-refractivity contribution in [1.82, 2.24) is 0 Å². The summed E-state index contributed by atoms with van der Waals surface area (Å²) in [6.07, 6.45) is 0. The summed E-state index contributed by atoms with van der Waals surface area (Å²) in [7, 11) is 10.7. The molecule has 0 unspecified atom stereocenters. The Morgan fingerprint density at radius 3 is 1.00 bits per heavy atom. The van der Waals surface area contributed by atoms with E-state index in [0.29, 0.717) is 0 Å². The number of rotatable bonds is 0. The third-order valence-corrected chi connectivity index (χ3v) is 0. The first-order chi connectivity index (χ1) is 1.73. The minimum absolute atomic E-state index is 0. The van der Waals surface area contributed by atoms with Crippen LogP contribution >= 0.6 is 21.8 Å². The largest absolute Gasteiger partial charge is 0.0149 e. The van der Waals surface area contributed by atoms with Gasteiger partial charge in [-0.25, -0.2) is 0 Å². The van der Waals surface area contributed by atoms with Crippen molar-refractivity contribution in [2.24, 2.45) is 0 Å². The zero-order valence-corrected chi connectivity index (χ0v) is 7.17. The van der Waals surface area contributed by atoms with Gasteiger partial charge in [-0.15, -0.1) is 0 Å². The van der Waals surface area contributed by atoms with Gasteiger partial charge in [0.1, 0.15) is 0 Å². The van der Waals surface area contributed by atoms with Crippen molar-refractivity contribution in [3.8, 4) is 0 Å². The van der Waals surface area contributed by atoms with Crippen LogP contribution in [0.1, 0.15) is 0 Å². The van der Waals surface area contributed by atoms with Gasteiger partial charge < -0.3 is 0 Å². The van der Waals surface area contributed by atoms with Crippen LogP contribution in [0.15, 0.2) is 0 Å². The molecule has 0 bridgehead atoms. The van der Waals surface area contributed by atoms with Crippen LogP contribution in [-0.4, -0.2) is 11.0 Å². The van der Waals surface area contributed by atoms with E-state index < -0.39 is 10.5 Å². The molecule has 0 aromatic rings. The van der Waals surface area contributed by atoms with Gasteiger partial charge in [-0.05, 0) is 11.0 Å². The van der Waals surface area contributed by atoms with Gasteiger partial charge in [-0.2, -0.15) is 0 Å². The van der Waals surface area contributed by atoms with Crippen LogP contribution in [-0.2, 0) is 27.9 Å². The molecule has 37 valence electrons. The average Bonchev–Trinajstić information content (AvgIpc) is 0.811. The van der Waals surface area contributed by atoms with E-state index in [2.05, 4.69) is 21.8 Å². The zero-order chi connectivity index (χ0) is 3.58. The van der Waals surface area contributed by atoms with Gasteiger partial charge >= 0.3 is 32.3 Å². The summed E-state index contributed by atoms with van der Waals surface area (Å²) >= 11 is 0. The Balaban J connectivity index is -0.0000000450. The molecule has 0 saturated heterocycles. The maximum atomic E-state index is 3.78. The minimum Gasteiger partial charge on any atom is -0.0149 e. The molecule has 6 heteroatoms. The Kier molecular flexibility index (Phi) is 27.8. The molecule has 0 heterocycles. The second-order valence-corrected chi connectivity index (χ2v) is 7.87. The summed E-state index contributed by atoms with van der Waals surface area (Å²) in [5.74, 6) is 0. The standard InChI is InChI=1S/Cr.Fe.3P.H4Si/h;;;;;1H4. The molecule has 0 aromatic carbocycles. The monoisotopic (exact) mass is 233 g/mol. The van der Waals surface area contributed by atoms with Crippen molar-refractivity contribution in [1.29, 1.82) is 0 Å². The molecule has 0 aliphatic rings. The molecule has 0 spiro atoms. The van der Waals surface area contributed by atoms with E-state index >= 15 is 0 Å². The van der Waals surface area contributed by atoms with Crippen LogP contribution in [0.3, 0.4) is 0 Å². The molecule has 0 atom stereocenters. The molecular weight excluding hydrogens is 229 g/mol. The number of hydrogen-bond acceptors (Lipinski definition) is 0. The van der Waals surface area contributed by atoms with Crippen LogP contribution < -0.4 is 0 Å². The van der Waals surface area contributed by atoms with Gasteiger partial charge in [0.2, 0.25) is 0 Å². The topological polar surface area (TPSA) is 0 Å². The van der Waals surface area contributed by atoms with E-state index in [0.717, 1.165) is 0 Å². The van der Waals surface area contributed by atoms with Gasteiger partial charge in [0.25, 0.3) is 0 Å². The Morgan fingerprint density at radius 2 is 1.00 bits per heavy atom. The normalized spacial score (nSPS) is 3.50. The van der Waals surface area contributed by atoms with Crippen molar-refractivity contribution < 1.29 is 27.9 Å². The SMILES string of the molecule is [Cr].[P]#[Fe](#[P])#[P].[SiH4]. The molecule has 0 aliphatic heterocycles. The van der Waals surface area contributed by atoms with Crippen LogP contribution in [0.5, 0.6) is 0 Å². The minimum atomic E-state index is -0.667. The Labute approximate surface area is 60.4 Å². The first-order valence-corrected chi connectivity index (χ1v) is 5.87. The molecule has 0 rings (SSSR count). The van der Waals surface area contributed by atoms with E-state index in [1.807, 2.05) is 0 Å². The molecule has 0 aliphatic carbocycles. The maximum Gasteiger partial charge on any atom is -0.0149 e. The number of hydrogen-bond donors (Lipinski definition) is 0. The summed E-state index contributed by atoms with van der Waals surface area (Å²) in [6, 6.07) is 0. The smallest absolute Gasteiger partial charge is 0.0149 e. The van der Waals surface area contributed by atoms with Crippen LogP contribution in [0.25, 0.3) is 0 Å². The van der Waals surface area contributed by atoms with E-state index in [1.165, 1.54) is 0 Å². The summed E-state index contributed by atoms with van der Waals surface area (Å²) < 4.78 is 0. The fraction of sp³-hybridized carbons (Fsp3) is 0. The third-order valence-electron chi connectivity index (χ3n) is 0. The Morgan fingerprint density at radius 1 is 1.00 bits per heavy atom. The zero-order valence-electron chi connectivity index (χ0n) is 2.10. The molecule has 0 fully saturated rings. The van der Waals surface area contributed by atoms with Gasteiger partial charge in [-0.3, -0.25) is 0 Å². The summed E-state index contributed by atoms with van der Waals surface area (Å²) in [4.78, 5) is 0. The quantitative estimate of drug-likeness (QED) is 0.434. The van der Waals surface area contributed by atoms with Crippen LogP contribution in [0, 0.1) is 0 Å². The fourth-order valence-electron chi connectivity index (χ4n) is 0. The van der Waals surface area contributed by atoms with Crippen LogP contribution in [0.2, 0.25) is 0 Å². The Bertz CT molecular complexity index is 226. The van der Waals surface area contributed by atoms with Crippen molar-refractivity contribution in [3.63, 3.8) is 0 Å². The second kappa shape index (κ2) is 10.5. The van der Waals surface area contributed by atoms with Gasteiger partial charge in [-0.1, -0.05) is 0 Å². The summed E-state index contributed by atoms with van der Waals surface area (Å²) in [5.41, 5.74) is 0. The van der Waals surface area contributed by atoms with Crippen molar-refractivity contribution in [3.05, 3.63) is 0 Å². The van der Waals surface area contributed by atoms with E-state index in [1.54, 1.807) is 0 Å². The second-order valence-electron chi connectivity index (χ2n) is 0.212. The molecule has 6 heavy (non-hydrogen) atoms. The molecule has 0 nitrogen and oxygen atoms in total. The predicted molar refractivity (Wildman–Crippen MR) is 32.1 cm³/mol. The van der Waals surface area contributed by atoms with Crippen molar-refractivity contribution in [2.45, 2.75) is 0 Å². The predicted octanol–water partition coefficient (Wildman–Crippen LogP) is 1.13. The molecule has 0 N–H and O–H groups in total. The molecule has 0 saturated carbocycles. The third kappa shape index (κ3) is 31.0. The van der Waals surface area contributed by atoms with Crippen molar-refractivity contribution >= 4 is 32.8 Å². The van der Waals surface area contributed by atoms with Gasteiger partial charge in [0.15, 0.2) is 0 Å². The van der Waals surface area contributed by atoms with E-state index in [9.17, 15) is 0 Å². The Hall–Kier alpha value is 2.56.